The third-order valence-electron chi connectivity index (χ3n) is 4.64. The second-order valence-electron chi connectivity index (χ2n) is 6.65. The van der Waals surface area contributed by atoms with Crippen LogP contribution in [-0.2, 0) is 13.1 Å². The van der Waals surface area contributed by atoms with Gasteiger partial charge < -0.3 is 15.1 Å². The molecule has 0 unspecified atom stereocenters. The van der Waals surface area contributed by atoms with E-state index in [1.807, 2.05) is 9.58 Å². The molecular weight excluding hydrogens is 294 g/mol. The highest BCUT2D eigenvalue weighted by atomic mass is 16.2. The van der Waals surface area contributed by atoms with Gasteiger partial charge >= 0.3 is 6.03 Å². The lowest BCUT2D eigenvalue weighted by molar-refractivity contribution is 0.0820. The van der Waals surface area contributed by atoms with Crippen LogP contribution < -0.4 is 5.32 Å². The Kier molecular flexibility index (Phi) is 4.54. The zero-order valence-electron chi connectivity index (χ0n) is 13.9. The number of aromatic nitrogens is 2. The summed E-state index contributed by atoms with van der Waals surface area (Å²) in [5.41, 5.74) is 1.36. The molecule has 3 amide bonds. The Morgan fingerprint density at radius 1 is 1.22 bits per heavy atom. The van der Waals surface area contributed by atoms with Crippen LogP contribution in [0.3, 0.4) is 0 Å². The van der Waals surface area contributed by atoms with E-state index in [9.17, 15) is 9.59 Å². The van der Waals surface area contributed by atoms with Gasteiger partial charge in [0.05, 0.1) is 18.8 Å². The maximum atomic E-state index is 12.4. The Morgan fingerprint density at radius 3 is 2.65 bits per heavy atom. The fourth-order valence-corrected chi connectivity index (χ4v) is 3.29. The highest BCUT2D eigenvalue weighted by Gasteiger charge is 2.26. The molecule has 0 atom stereocenters. The molecule has 1 saturated carbocycles. The molecule has 23 heavy (non-hydrogen) atoms. The van der Waals surface area contributed by atoms with E-state index in [4.69, 9.17) is 0 Å². The molecule has 1 aliphatic carbocycles. The second kappa shape index (κ2) is 6.60. The average Bonchev–Trinajstić information content (AvgIpc) is 2.97. The van der Waals surface area contributed by atoms with Gasteiger partial charge in [0.1, 0.15) is 0 Å². The molecule has 0 aromatic carbocycles. The highest BCUT2D eigenvalue weighted by molar-refractivity contribution is 5.92. The summed E-state index contributed by atoms with van der Waals surface area (Å²) in [6.07, 6.45) is 5.84. The van der Waals surface area contributed by atoms with Gasteiger partial charge in [-0.2, -0.15) is 5.10 Å². The molecule has 1 aromatic heterocycles. The van der Waals surface area contributed by atoms with Crippen molar-refractivity contribution >= 4 is 11.9 Å². The number of hydrogen-bond acceptors (Lipinski definition) is 3. The van der Waals surface area contributed by atoms with Crippen LogP contribution in [0.15, 0.2) is 6.07 Å². The minimum Gasteiger partial charge on any atom is -0.343 e. The second-order valence-corrected chi connectivity index (χ2v) is 6.65. The predicted molar refractivity (Wildman–Crippen MR) is 86.1 cm³/mol. The van der Waals surface area contributed by atoms with Crippen molar-refractivity contribution in [3.63, 3.8) is 0 Å². The predicted octanol–water partition coefficient (Wildman–Crippen LogP) is 1.44. The van der Waals surface area contributed by atoms with Crippen molar-refractivity contribution in [2.45, 2.75) is 51.2 Å². The number of hydrogen-bond donors (Lipinski definition) is 1. The monoisotopic (exact) mass is 319 g/mol. The van der Waals surface area contributed by atoms with E-state index < -0.39 is 0 Å². The number of nitrogens with zero attached hydrogens (tertiary/aromatic N) is 4. The lowest BCUT2D eigenvalue weighted by atomic mass is 9.96. The molecule has 1 aliphatic heterocycles. The first-order chi connectivity index (χ1) is 11.0. The minimum absolute atomic E-state index is 0.00448. The highest BCUT2D eigenvalue weighted by Crippen LogP contribution is 2.19. The van der Waals surface area contributed by atoms with E-state index in [0.29, 0.717) is 31.4 Å². The fraction of sp³-hybridized carbons (Fsp3) is 0.688. The maximum Gasteiger partial charge on any atom is 0.318 e. The van der Waals surface area contributed by atoms with Crippen LogP contribution in [0, 0.1) is 0 Å². The Balaban J connectivity index is 1.63. The lowest BCUT2D eigenvalue weighted by Crippen LogP contribution is -2.48. The van der Waals surface area contributed by atoms with Gasteiger partial charge in [-0.1, -0.05) is 19.3 Å². The first-order valence-corrected chi connectivity index (χ1v) is 8.38. The van der Waals surface area contributed by atoms with E-state index >= 15 is 0 Å². The van der Waals surface area contributed by atoms with Crippen LogP contribution in [0.2, 0.25) is 0 Å². The lowest BCUT2D eigenvalue weighted by Gasteiger charge is -2.31. The summed E-state index contributed by atoms with van der Waals surface area (Å²) >= 11 is 0. The quantitative estimate of drug-likeness (QED) is 0.897. The summed E-state index contributed by atoms with van der Waals surface area (Å²) in [4.78, 5) is 27.8. The van der Waals surface area contributed by atoms with Crippen LogP contribution >= 0.6 is 0 Å². The Hall–Kier alpha value is -2.05. The molecular formula is C16H25N5O2. The Bertz CT molecular complexity index is 589. The summed E-state index contributed by atoms with van der Waals surface area (Å²) in [5.74, 6) is -0.106. The number of urea groups is 1. The molecule has 2 heterocycles. The van der Waals surface area contributed by atoms with Crippen molar-refractivity contribution in [3.8, 4) is 0 Å². The standard InChI is InChI=1S/C16H25N5O2/c1-19(2)15(22)14-10-13-11-20(8-9-21(13)18-14)16(23)17-12-6-4-3-5-7-12/h10,12H,3-9,11H2,1-2H3,(H,17,23). The van der Waals surface area contributed by atoms with Gasteiger partial charge in [0, 0.05) is 26.7 Å². The van der Waals surface area contributed by atoms with Crippen LogP contribution in [-0.4, -0.2) is 58.2 Å². The normalized spacial score (nSPS) is 18.4. The molecule has 0 saturated heterocycles. The number of nitrogens with one attached hydrogen (secondary N) is 1. The average molecular weight is 319 g/mol. The first-order valence-electron chi connectivity index (χ1n) is 8.38. The number of rotatable bonds is 2. The van der Waals surface area contributed by atoms with Crippen molar-refractivity contribution in [1.29, 1.82) is 0 Å². The van der Waals surface area contributed by atoms with E-state index in [1.54, 1.807) is 20.2 Å². The van der Waals surface area contributed by atoms with Gasteiger partial charge in [0.15, 0.2) is 5.69 Å². The summed E-state index contributed by atoms with van der Waals surface area (Å²) in [5, 5.41) is 7.50. The van der Waals surface area contributed by atoms with Crippen molar-refractivity contribution in [2.75, 3.05) is 20.6 Å². The third-order valence-corrected chi connectivity index (χ3v) is 4.64. The summed E-state index contributed by atoms with van der Waals surface area (Å²) in [7, 11) is 3.43. The molecule has 7 heteroatoms. The van der Waals surface area contributed by atoms with Gasteiger partial charge in [0.25, 0.3) is 5.91 Å². The SMILES string of the molecule is CN(C)C(=O)c1cc2n(n1)CCN(C(=O)NC1CCCCC1)C2. The molecule has 3 rings (SSSR count). The smallest absolute Gasteiger partial charge is 0.318 e. The van der Waals surface area contributed by atoms with Crippen LogP contribution in [0.4, 0.5) is 4.79 Å². The summed E-state index contributed by atoms with van der Waals surface area (Å²) in [6.45, 7) is 1.77. The molecule has 1 N–H and O–H groups in total. The third kappa shape index (κ3) is 3.48. The molecule has 126 valence electrons. The van der Waals surface area contributed by atoms with E-state index in [2.05, 4.69) is 10.4 Å². The van der Waals surface area contributed by atoms with Gasteiger partial charge in [-0.15, -0.1) is 0 Å². The van der Waals surface area contributed by atoms with Crippen LogP contribution in [0.1, 0.15) is 48.3 Å². The van der Waals surface area contributed by atoms with Gasteiger partial charge in [0.2, 0.25) is 0 Å². The first kappa shape index (κ1) is 15.8. The molecule has 0 bridgehead atoms. The van der Waals surface area contributed by atoms with Gasteiger partial charge in [-0.05, 0) is 18.9 Å². The summed E-state index contributed by atoms with van der Waals surface area (Å²) < 4.78 is 1.83. The number of carbonyl (C=O) groups excluding carboxylic acids is 2. The molecule has 0 radical (unpaired) electrons. The maximum absolute atomic E-state index is 12.4. The Morgan fingerprint density at radius 2 is 1.96 bits per heavy atom. The number of carbonyl (C=O) groups is 2. The van der Waals surface area contributed by atoms with E-state index in [1.165, 1.54) is 24.2 Å². The molecule has 0 spiro atoms. The molecule has 1 aromatic rings. The number of amides is 3. The molecule has 2 aliphatic rings. The van der Waals surface area contributed by atoms with Crippen molar-refractivity contribution in [3.05, 3.63) is 17.5 Å². The Labute approximate surface area is 136 Å². The zero-order valence-corrected chi connectivity index (χ0v) is 13.9. The van der Waals surface area contributed by atoms with Gasteiger partial charge in [-0.3, -0.25) is 9.48 Å². The van der Waals surface area contributed by atoms with Gasteiger partial charge in [-0.25, -0.2) is 4.79 Å². The fourth-order valence-electron chi connectivity index (χ4n) is 3.29. The summed E-state index contributed by atoms with van der Waals surface area (Å²) in [6, 6.07) is 2.11. The zero-order chi connectivity index (χ0) is 16.4. The van der Waals surface area contributed by atoms with Crippen molar-refractivity contribution in [2.24, 2.45) is 0 Å². The topological polar surface area (TPSA) is 70.5 Å². The largest absolute Gasteiger partial charge is 0.343 e. The number of fused-ring (bicyclic) bond motifs is 1. The molecule has 7 nitrogen and oxygen atoms in total. The van der Waals surface area contributed by atoms with E-state index in [0.717, 1.165) is 18.5 Å². The molecule has 1 fully saturated rings. The van der Waals surface area contributed by atoms with E-state index in [-0.39, 0.29) is 11.9 Å². The van der Waals surface area contributed by atoms with Crippen LogP contribution in [0.5, 0.6) is 0 Å². The van der Waals surface area contributed by atoms with Crippen LogP contribution in [0.25, 0.3) is 0 Å². The van der Waals surface area contributed by atoms with Crippen molar-refractivity contribution in [1.82, 2.24) is 24.9 Å². The minimum atomic E-state index is -0.106. The van der Waals surface area contributed by atoms with Crippen molar-refractivity contribution < 1.29 is 9.59 Å².